The van der Waals surface area contributed by atoms with Crippen molar-refractivity contribution in [2.24, 2.45) is 0 Å². The van der Waals surface area contributed by atoms with Gasteiger partial charge in [0.25, 0.3) is 16.8 Å². The van der Waals surface area contributed by atoms with Gasteiger partial charge in [-0.05, 0) is 48.2 Å². The van der Waals surface area contributed by atoms with Crippen molar-refractivity contribution in [1.82, 2.24) is 4.90 Å². The first-order chi connectivity index (χ1) is 15.8. The Bertz CT molecular complexity index is 1300. The van der Waals surface area contributed by atoms with Gasteiger partial charge >= 0.3 is 0 Å². The standard InChI is InChI=1S/C22H14BrN3O6S/c23-14-4-6-15(7-5-14)24-20(27)12-25-21(28)19(33-22(25)29)11-17-8-9-18(32-17)13-2-1-3-16(10-13)26(30)31/h1-11H,12H2,(H,24,27)/b19-11+. The number of nitro groups is 1. The lowest BCUT2D eigenvalue weighted by molar-refractivity contribution is -0.384. The van der Waals surface area contributed by atoms with E-state index in [0.717, 1.165) is 9.37 Å². The number of non-ortho nitro benzene ring substituents is 1. The first kappa shape index (κ1) is 22.5. The van der Waals surface area contributed by atoms with Crippen LogP contribution >= 0.6 is 27.7 Å². The Hall–Kier alpha value is -3.70. The molecule has 4 rings (SSSR count). The van der Waals surface area contributed by atoms with E-state index in [2.05, 4.69) is 21.2 Å². The van der Waals surface area contributed by atoms with Crippen LogP contribution in [-0.4, -0.2) is 33.4 Å². The summed E-state index contributed by atoms with van der Waals surface area (Å²) >= 11 is 4.00. The number of hydrogen-bond donors (Lipinski definition) is 1. The number of nitrogens with one attached hydrogen (secondary N) is 1. The molecule has 1 aromatic heterocycles. The highest BCUT2D eigenvalue weighted by molar-refractivity contribution is 9.10. The number of nitro benzene ring substituents is 1. The van der Waals surface area contributed by atoms with Crippen LogP contribution in [0.2, 0.25) is 0 Å². The van der Waals surface area contributed by atoms with Crippen LogP contribution in [0.5, 0.6) is 0 Å². The topological polar surface area (TPSA) is 123 Å². The van der Waals surface area contributed by atoms with Crippen molar-refractivity contribution < 1.29 is 23.7 Å². The third-order valence-corrected chi connectivity index (χ3v) is 5.98. The first-order valence-electron chi connectivity index (χ1n) is 9.45. The summed E-state index contributed by atoms with van der Waals surface area (Å²) in [6.07, 6.45) is 1.40. The number of benzene rings is 2. The number of hydrogen-bond acceptors (Lipinski definition) is 7. The molecule has 0 radical (unpaired) electrons. The SMILES string of the molecule is O=C(CN1C(=O)S/C(=C/c2ccc(-c3cccc([N+](=O)[O-])c3)o2)C1=O)Nc1ccc(Br)cc1. The summed E-state index contributed by atoms with van der Waals surface area (Å²) in [7, 11) is 0. The van der Waals surface area contributed by atoms with Crippen molar-refractivity contribution in [3.63, 3.8) is 0 Å². The molecule has 0 bridgehead atoms. The molecule has 2 heterocycles. The number of thioether (sulfide) groups is 1. The third-order valence-electron chi connectivity index (χ3n) is 4.54. The molecule has 11 heteroatoms. The lowest BCUT2D eigenvalue weighted by Crippen LogP contribution is -2.36. The van der Waals surface area contributed by atoms with Gasteiger partial charge in [0.15, 0.2) is 0 Å². The van der Waals surface area contributed by atoms with Crippen LogP contribution in [0.1, 0.15) is 5.76 Å². The summed E-state index contributed by atoms with van der Waals surface area (Å²) in [5.41, 5.74) is 0.963. The van der Waals surface area contributed by atoms with Gasteiger partial charge in [-0.25, -0.2) is 0 Å². The number of halogens is 1. The summed E-state index contributed by atoms with van der Waals surface area (Å²) in [5, 5.41) is 13.0. The van der Waals surface area contributed by atoms with Crippen molar-refractivity contribution in [2.45, 2.75) is 0 Å². The van der Waals surface area contributed by atoms with E-state index in [0.29, 0.717) is 34.5 Å². The Morgan fingerprint density at radius 1 is 1.15 bits per heavy atom. The molecule has 0 atom stereocenters. The van der Waals surface area contributed by atoms with E-state index in [1.165, 1.54) is 18.2 Å². The van der Waals surface area contributed by atoms with E-state index in [4.69, 9.17) is 4.42 Å². The lowest BCUT2D eigenvalue weighted by Gasteiger charge is -2.12. The highest BCUT2D eigenvalue weighted by Gasteiger charge is 2.36. The fourth-order valence-corrected chi connectivity index (χ4v) is 4.08. The average molecular weight is 528 g/mol. The first-order valence-corrected chi connectivity index (χ1v) is 11.1. The van der Waals surface area contributed by atoms with Crippen LogP contribution in [0.15, 0.2) is 74.5 Å². The van der Waals surface area contributed by atoms with Gasteiger partial charge in [0.2, 0.25) is 5.91 Å². The molecule has 1 N–H and O–H groups in total. The Kier molecular flexibility index (Phi) is 6.43. The maximum Gasteiger partial charge on any atom is 0.294 e. The smallest absolute Gasteiger partial charge is 0.294 e. The van der Waals surface area contributed by atoms with Crippen LogP contribution < -0.4 is 5.32 Å². The molecule has 1 aliphatic heterocycles. The second-order valence-corrected chi connectivity index (χ2v) is 8.74. The second kappa shape index (κ2) is 9.43. The number of anilines is 1. The van der Waals surface area contributed by atoms with Crippen molar-refractivity contribution in [3.05, 3.63) is 85.9 Å². The second-order valence-electron chi connectivity index (χ2n) is 6.83. The quantitative estimate of drug-likeness (QED) is 0.262. The monoisotopic (exact) mass is 527 g/mol. The molecular weight excluding hydrogens is 514 g/mol. The molecule has 166 valence electrons. The predicted octanol–water partition coefficient (Wildman–Crippen LogP) is 5.29. The van der Waals surface area contributed by atoms with E-state index in [1.54, 1.807) is 48.5 Å². The maximum absolute atomic E-state index is 12.7. The van der Waals surface area contributed by atoms with Crippen LogP contribution in [0, 0.1) is 10.1 Å². The molecule has 1 saturated heterocycles. The molecular formula is C22H14BrN3O6S. The maximum atomic E-state index is 12.7. The summed E-state index contributed by atoms with van der Waals surface area (Å²) in [4.78, 5) is 48.7. The number of nitrogens with zero attached hydrogens (tertiary/aromatic N) is 2. The summed E-state index contributed by atoms with van der Waals surface area (Å²) in [5.74, 6) is -0.449. The zero-order valence-electron chi connectivity index (χ0n) is 16.7. The summed E-state index contributed by atoms with van der Waals surface area (Å²) in [6.45, 7) is -0.421. The molecule has 3 aromatic rings. The van der Waals surface area contributed by atoms with Gasteiger partial charge in [0.1, 0.15) is 18.1 Å². The Morgan fingerprint density at radius 3 is 2.64 bits per heavy atom. The van der Waals surface area contributed by atoms with Gasteiger partial charge in [-0.2, -0.15) is 0 Å². The van der Waals surface area contributed by atoms with E-state index in [-0.39, 0.29) is 10.6 Å². The Balaban J connectivity index is 1.45. The predicted molar refractivity (Wildman–Crippen MR) is 126 cm³/mol. The fraction of sp³-hybridized carbons (Fsp3) is 0.0455. The molecule has 1 fully saturated rings. The van der Waals surface area contributed by atoms with Crippen LogP contribution in [-0.2, 0) is 9.59 Å². The minimum Gasteiger partial charge on any atom is -0.457 e. The van der Waals surface area contributed by atoms with Gasteiger partial charge in [-0.3, -0.25) is 29.4 Å². The molecule has 0 spiro atoms. The summed E-state index contributed by atoms with van der Waals surface area (Å²) in [6, 6.07) is 16.0. The molecule has 9 nitrogen and oxygen atoms in total. The highest BCUT2D eigenvalue weighted by Crippen LogP contribution is 2.33. The number of carbonyl (C=O) groups is 3. The van der Waals surface area contributed by atoms with E-state index in [1.807, 2.05) is 0 Å². The number of rotatable bonds is 6. The number of imide groups is 1. The van der Waals surface area contributed by atoms with E-state index < -0.39 is 28.5 Å². The van der Waals surface area contributed by atoms with Gasteiger partial charge in [-0.1, -0.05) is 28.1 Å². The van der Waals surface area contributed by atoms with Crippen LogP contribution in [0.25, 0.3) is 17.4 Å². The molecule has 3 amide bonds. The lowest BCUT2D eigenvalue weighted by atomic mass is 10.1. The van der Waals surface area contributed by atoms with E-state index in [9.17, 15) is 24.5 Å². The van der Waals surface area contributed by atoms with Crippen molar-refractivity contribution in [3.8, 4) is 11.3 Å². The van der Waals surface area contributed by atoms with Gasteiger partial charge in [0, 0.05) is 33.9 Å². The zero-order chi connectivity index (χ0) is 23.5. The van der Waals surface area contributed by atoms with Gasteiger partial charge in [-0.15, -0.1) is 0 Å². The summed E-state index contributed by atoms with van der Waals surface area (Å²) < 4.78 is 6.53. The number of furan rings is 1. The van der Waals surface area contributed by atoms with Crippen LogP contribution in [0.3, 0.4) is 0 Å². The van der Waals surface area contributed by atoms with Gasteiger partial charge < -0.3 is 9.73 Å². The third kappa shape index (κ3) is 5.21. The van der Waals surface area contributed by atoms with Crippen molar-refractivity contribution >= 4 is 62.2 Å². The molecule has 1 aliphatic rings. The Labute approximate surface area is 199 Å². The zero-order valence-corrected chi connectivity index (χ0v) is 19.1. The van der Waals surface area contributed by atoms with E-state index >= 15 is 0 Å². The van der Waals surface area contributed by atoms with Crippen molar-refractivity contribution in [2.75, 3.05) is 11.9 Å². The minimum atomic E-state index is -0.607. The van der Waals surface area contributed by atoms with Gasteiger partial charge in [0.05, 0.1) is 9.83 Å². The van der Waals surface area contributed by atoms with Crippen molar-refractivity contribution in [1.29, 1.82) is 0 Å². The average Bonchev–Trinajstić information content (AvgIpc) is 3.36. The molecule has 33 heavy (non-hydrogen) atoms. The minimum absolute atomic E-state index is 0.0759. The molecule has 0 unspecified atom stereocenters. The molecule has 0 aliphatic carbocycles. The number of amides is 3. The molecule has 2 aromatic carbocycles. The normalized spacial score (nSPS) is 14.7. The van der Waals surface area contributed by atoms with Crippen LogP contribution in [0.4, 0.5) is 16.2 Å². The Morgan fingerprint density at radius 2 is 1.91 bits per heavy atom. The number of carbonyl (C=O) groups excluding carboxylic acids is 3. The fourth-order valence-electron chi connectivity index (χ4n) is 3.00. The molecule has 0 saturated carbocycles. The largest absolute Gasteiger partial charge is 0.457 e. The highest BCUT2D eigenvalue weighted by atomic mass is 79.9.